The number of rotatable bonds is 5. The molecular weight excluding hydrogens is 344 g/mol. The number of ether oxygens (including phenoxy) is 2. The molecule has 2 N–H and O–H groups in total. The minimum Gasteiger partial charge on any atom is -0.493 e. The van der Waals surface area contributed by atoms with Crippen molar-refractivity contribution in [1.29, 1.82) is 0 Å². The maximum atomic E-state index is 12.1. The monoisotopic (exact) mass is 370 g/mol. The Balaban J connectivity index is 1.93. The van der Waals surface area contributed by atoms with Crippen LogP contribution in [0.25, 0.3) is 0 Å². The van der Waals surface area contributed by atoms with Crippen molar-refractivity contribution in [2.75, 3.05) is 19.5 Å². The van der Waals surface area contributed by atoms with E-state index in [0.29, 0.717) is 17.2 Å². The van der Waals surface area contributed by atoms with Crippen molar-refractivity contribution in [2.45, 2.75) is 32.7 Å². The molecule has 6 nitrogen and oxygen atoms in total. The Bertz CT molecular complexity index is 808. The van der Waals surface area contributed by atoms with Crippen LogP contribution in [0.15, 0.2) is 42.5 Å². The van der Waals surface area contributed by atoms with Gasteiger partial charge in [-0.3, -0.25) is 9.59 Å². The van der Waals surface area contributed by atoms with Gasteiger partial charge in [-0.2, -0.15) is 0 Å². The number of hydrogen-bond donors (Lipinski definition) is 2. The number of carbonyl (C=O) groups is 2. The quantitative estimate of drug-likeness (QED) is 0.792. The molecule has 2 amide bonds. The summed E-state index contributed by atoms with van der Waals surface area (Å²) < 4.78 is 10.4. The molecule has 2 rings (SSSR count). The van der Waals surface area contributed by atoms with Crippen molar-refractivity contribution in [3.63, 3.8) is 0 Å². The molecule has 0 bridgehead atoms. The third kappa shape index (κ3) is 5.48. The lowest BCUT2D eigenvalue weighted by molar-refractivity contribution is -0.136. The normalized spacial score (nSPS) is 10.9. The van der Waals surface area contributed by atoms with Gasteiger partial charge < -0.3 is 20.1 Å². The first-order valence-electron chi connectivity index (χ1n) is 8.65. The van der Waals surface area contributed by atoms with Gasteiger partial charge in [0.15, 0.2) is 11.5 Å². The lowest BCUT2D eigenvalue weighted by Crippen LogP contribution is -2.34. The van der Waals surface area contributed by atoms with E-state index in [1.807, 2.05) is 12.1 Å². The Hall–Kier alpha value is -3.02. The number of anilines is 1. The zero-order chi connectivity index (χ0) is 20.0. The summed E-state index contributed by atoms with van der Waals surface area (Å²) in [4.78, 5) is 24.1. The first-order valence-corrected chi connectivity index (χ1v) is 8.65. The lowest BCUT2D eigenvalue weighted by Gasteiger charge is -2.19. The molecule has 0 fully saturated rings. The fourth-order valence-corrected chi connectivity index (χ4v) is 2.49. The highest BCUT2D eigenvalue weighted by atomic mass is 16.5. The van der Waals surface area contributed by atoms with Crippen LogP contribution in [0.4, 0.5) is 5.69 Å². The van der Waals surface area contributed by atoms with Gasteiger partial charge in [-0.15, -0.1) is 0 Å². The van der Waals surface area contributed by atoms with Crippen LogP contribution in [0.5, 0.6) is 11.5 Å². The van der Waals surface area contributed by atoms with Gasteiger partial charge in [-0.25, -0.2) is 0 Å². The highest BCUT2D eigenvalue weighted by Gasteiger charge is 2.16. The largest absolute Gasteiger partial charge is 0.493 e. The van der Waals surface area contributed by atoms with Crippen LogP contribution >= 0.6 is 0 Å². The molecule has 0 saturated heterocycles. The Morgan fingerprint density at radius 1 is 0.889 bits per heavy atom. The maximum absolute atomic E-state index is 12.1. The molecule has 144 valence electrons. The van der Waals surface area contributed by atoms with E-state index in [9.17, 15) is 9.59 Å². The predicted octanol–water partition coefficient (Wildman–Crippen LogP) is 3.26. The summed E-state index contributed by atoms with van der Waals surface area (Å²) in [5.74, 6) is -0.250. The molecule has 2 aromatic carbocycles. The second-order valence-electron chi connectivity index (χ2n) is 7.15. The molecule has 0 aliphatic heterocycles. The van der Waals surface area contributed by atoms with Crippen LogP contribution in [0.3, 0.4) is 0 Å². The molecule has 0 unspecified atom stereocenters. The van der Waals surface area contributed by atoms with E-state index >= 15 is 0 Å². The number of carbonyl (C=O) groups excluding carboxylic acids is 2. The number of methoxy groups -OCH3 is 2. The molecular formula is C21H26N2O4. The minimum atomic E-state index is -0.709. The predicted molar refractivity (Wildman–Crippen MR) is 105 cm³/mol. The first kappa shape index (κ1) is 20.3. The van der Waals surface area contributed by atoms with Crippen LogP contribution in [0.1, 0.15) is 31.9 Å². The van der Waals surface area contributed by atoms with Crippen molar-refractivity contribution in [3.8, 4) is 11.5 Å². The Morgan fingerprint density at radius 2 is 1.52 bits per heavy atom. The van der Waals surface area contributed by atoms with Gasteiger partial charge in [0, 0.05) is 12.2 Å². The van der Waals surface area contributed by atoms with Gasteiger partial charge in [0.25, 0.3) is 0 Å². The average Bonchev–Trinajstić information content (AvgIpc) is 2.65. The van der Waals surface area contributed by atoms with E-state index in [1.165, 1.54) is 0 Å². The molecule has 0 aromatic heterocycles. The first-order chi connectivity index (χ1) is 12.7. The van der Waals surface area contributed by atoms with Crippen molar-refractivity contribution < 1.29 is 19.1 Å². The Labute approximate surface area is 159 Å². The molecule has 0 aliphatic carbocycles. The molecule has 0 spiro atoms. The highest BCUT2D eigenvalue weighted by Crippen LogP contribution is 2.27. The molecule has 0 radical (unpaired) electrons. The van der Waals surface area contributed by atoms with E-state index < -0.39 is 11.8 Å². The zero-order valence-corrected chi connectivity index (χ0v) is 16.4. The summed E-state index contributed by atoms with van der Waals surface area (Å²) in [5, 5.41) is 5.20. The molecule has 6 heteroatoms. The fourth-order valence-electron chi connectivity index (χ4n) is 2.49. The molecule has 0 aliphatic rings. The second-order valence-corrected chi connectivity index (χ2v) is 7.15. The van der Waals surface area contributed by atoms with Crippen LogP contribution in [0.2, 0.25) is 0 Å². The van der Waals surface area contributed by atoms with E-state index in [4.69, 9.17) is 9.47 Å². The Morgan fingerprint density at radius 3 is 2.07 bits per heavy atom. The molecule has 27 heavy (non-hydrogen) atoms. The topological polar surface area (TPSA) is 76.7 Å². The van der Waals surface area contributed by atoms with Crippen molar-refractivity contribution in [1.82, 2.24) is 5.32 Å². The van der Waals surface area contributed by atoms with Crippen molar-refractivity contribution in [2.24, 2.45) is 0 Å². The zero-order valence-electron chi connectivity index (χ0n) is 16.4. The number of benzene rings is 2. The van der Waals surface area contributed by atoms with Crippen molar-refractivity contribution >= 4 is 17.5 Å². The Kier molecular flexibility index (Phi) is 6.45. The van der Waals surface area contributed by atoms with Crippen LogP contribution in [-0.2, 0) is 21.5 Å². The summed E-state index contributed by atoms with van der Waals surface area (Å²) >= 11 is 0. The maximum Gasteiger partial charge on any atom is 0.313 e. The van der Waals surface area contributed by atoms with Gasteiger partial charge in [0.1, 0.15) is 0 Å². The van der Waals surface area contributed by atoms with Crippen molar-refractivity contribution in [3.05, 3.63) is 53.6 Å². The van der Waals surface area contributed by atoms with Crippen LogP contribution in [-0.4, -0.2) is 26.0 Å². The van der Waals surface area contributed by atoms with Gasteiger partial charge in [-0.1, -0.05) is 39.0 Å². The summed E-state index contributed by atoms with van der Waals surface area (Å²) in [5.41, 5.74) is 2.55. The van der Waals surface area contributed by atoms with Gasteiger partial charge in [0.2, 0.25) is 0 Å². The van der Waals surface area contributed by atoms with Gasteiger partial charge in [-0.05, 0) is 40.8 Å². The highest BCUT2D eigenvalue weighted by molar-refractivity contribution is 6.39. The summed E-state index contributed by atoms with van der Waals surface area (Å²) in [6.45, 7) is 6.54. The van der Waals surface area contributed by atoms with E-state index in [0.717, 1.165) is 11.1 Å². The lowest BCUT2D eigenvalue weighted by atomic mass is 9.87. The number of nitrogens with one attached hydrogen (secondary N) is 2. The van der Waals surface area contributed by atoms with E-state index in [1.54, 1.807) is 44.6 Å². The van der Waals surface area contributed by atoms with E-state index in [-0.39, 0.29) is 12.0 Å². The third-order valence-corrected chi connectivity index (χ3v) is 4.12. The van der Waals surface area contributed by atoms with Crippen LogP contribution in [0, 0.1) is 0 Å². The minimum absolute atomic E-state index is 0.0271. The van der Waals surface area contributed by atoms with Crippen LogP contribution < -0.4 is 20.1 Å². The summed E-state index contributed by atoms with van der Waals surface area (Å²) in [6, 6.07) is 12.8. The molecule has 0 atom stereocenters. The standard InChI is InChI=1S/C21H26N2O4/c1-21(2,3)15-7-9-16(10-8-15)23-20(25)19(24)22-13-14-6-11-17(26-4)18(12-14)27-5/h6-12H,13H2,1-5H3,(H,22,24)(H,23,25). The SMILES string of the molecule is COc1ccc(CNC(=O)C(=O)Nc2ccc(C(C)(C)C)cc2)cc1OC. The molecule has 2 aromatic rings. The molecule has 0 saturated carbocycles. The van der Waals surface area contributed by atoms with Gasteiger partial charge in [0.05, 0.1) is 14.2 Å². The smallest absolute Gasteiger partial charge is 0.313 e. The van der Waals surface area contributed by atoms with Gasteiger partial charge >= 0.3 is 11.8 Å². The second kappa shape index (κ2) is 8.58. The summed E-state index contributed by atoms with van der Waals surface area (Å²) in [7, 11) is 3.09. The molecule has 0 heterocycles. The number of amides is 2. The average molecular weight is 370 g/mol. The van der Waals surface area contributed by atoms with E-state index in [2.05, 4.69) is 31.4 Å². The fraction of sp³-hybridized carbons (Fsp3) is 0.333. The summed E-state index contributed by atoms with van der Waals surface area (Å²) in [6.07, 6.45) is 0. The number of hydrogen-bond acceptors (Lipinski definition) is 4. The third-order valence-electron chi connectivity index (χ3n) is 4.12.